The quantitative estimate of drug-likeness (QED) is 0.505. The number of unbranched alkanes of at least 4 members (excludes halogenated alkanes) is 1. The predicted octanol–water partition coefficient (Wildman–Crippen LogP) is 3.84. The zero-order valence-corrected chi connectivity index (χ0v) is 18.7. The Bertz CT molecular complexity index is 1120. The van der Waals surface area contributed by atoms with Crippen LogP contribution in [-0.2, 0) is 22.6 Å². The van der Waals surface area contributed by atoms with Gasteiger partial charge in [0, 0.05) is 24.6 Å². The fourth-order valence-corrected chi connectivity index (χ4v) is 3.85. The van der Waals surface area contributed by atoms with Gasteiger partial charge in [0.15, 0.2) is 0 Å². The van der Waals surface area contributed by atoms with Crippen molar-refractivity contribution in [1.82, 2.24) is 14.6 Å². The summed E-state index contributed by atoms with van der Waals surface area (Å²) in [5, 5.41) is 7.95. The molecule has 0 saturated carbocycles. The van der Waals surface area contributed by atoms with Crippen molar-refractivity contribution in [2.45, 2.75) is 53.1 Å². The van der Waals surface area contributed by atoms with E-state index >= 15 is 0 Å². The number of nitrogens with one attached hydrogen (secondary N) is 1. The summed E-state index contributed by atoms with van der Waals surface area (Å²) >= 11 is 1.37. The van der Waals surface area contributed by atoms with Gasteiger partial charge in [-0.3, -0.25) is 9.59 Å². The van der Waals surface area contributed by atoms with Crippen LogP contribution in [0, 0.1) is 5.92 Å². The topological polar surface area (TPSA) is 103 Å². The minimum absolute atomic E-state index is 0.0704. The normalized spacial score (nSPS) is 11.1. The lowest BCUT2D eigenvalue weighted by molar-refractivity contribution is -0.116. The van der Waals surface area contributed by atoms with Gasteiger partial charge in [0.1, 0.15) is 11.6 Å². The van der Waals surface area contributed by atoms with Crippen LogP contribution in [0.3, 0.4) is 0 Å². The Morgan fingerprint density at radius 3 is 2.65 bits per heavy atom. The Morgan fingerprint density at radius 1 is 1.23 bits per heavy atom. The number of aromatic nitrogens is 3. The van der Waals surface area contributed by atoms with Crippen LogP contribution >= 0.6 is 11.3 Å². The van der Waals surface area contributed by atoms with Gasteiger partial charge in [-0.1, -0.05) is 38.5 Å². The number of aryl methyl sites for hydroxylation is 1. The van der Waals surface area contributed by atoms with Gasteiger partial charge in [-0.25, -0.2) is 9.78 Å². The molecule has 2 heterocycles. The average molecular weight is 443 g/mol. The average Bonchev–Trinajstić information content (AvgIpc) is 3.14. The van der Waals surface area contributed by atoms with Gasteiger partial charge < -0.3 is 10.1 Å². The van der Waals surface area contributed by atoms with Gasteiger partial charge in [-0.2, -0.15) is 9.61 Å². The molecule has 3 aromatic rings. The zero-order valence-electron chi connectivity index (χ0n) is 17.9. The number of benzene rings is 1. The van der Waals surface area contributed by atoms with Crippen LogP contribution in [0.25, 0.3) is 4.96 Å². The first-order chi connectivity index (χ1) is 14.9. The summed E-state index contributed by atoms with van der Waals surface area (Å²) in [6.45, 7) is 5.93. The molecule has 0 aliphatic heterocycles. The van der Waals surface area contributed by atoms with Crippen molar-refractivity contribution in [2.75, 3.05) is 5.32 Å². The largest absolute Gasteiger partial charge is 0.456 e. The molecular weight excluding hydrogens is 416 g/mol. The van der Waals surface area contributed by atoms with Crippen molar-refractivity contribution < 1.29 is 14.3 Å². The second-order valence-electron chi connectivity index (χ2n) is 7.68. The van der Waals surface area contributed by atoms with Gasteiger partial charge in [-0.05, 0) is 36.6 Å². The molecule has 0 spiro atoms. The summed E-state index contributed by atoms with van der Waals surface area (Å²) in [5.74, 6) is -0.336. The van der Waals surface area contributed by atoms with Crippen molar-refractivity contribution in [3.05, 3.63) is 57.0 Å². The number of hydrogen-bond donors (Lipinski definition) is 1. The molecule has 0 atom stereocenters. The molecule has 1 aromatic carbocycles. The highest BCUT2D eigenvalue weighted by Crippen LogP contribution is 2.15. The lowest BCUT2D eigenvalue weighted by Crippen LogP contribution is -2.17. The molecule has 0 aliphatic carbocycles. The molecule has 0 radical (unpaired) electrons. The smallest absolute Gasteiger partial charge is 0.338 e. The Morgan fingerprint density at radius 2 is 1.97 bits per heavy atom. The molecule has 8 nitrogen and oxygen atoms in total. The van der Waals surface area contributed by atoms with Gasteiger partial charge in [0.05, 0.1) is 11.3 Å². The monoisotopic (exact) mass is 442 g/mol. The molecule has 1 amide bonds. The molecule has 0 unspecified atom stereocenters. The first-order valence-electron chi connectivity index (χ1n) is 10.3. The highest BCUT2D eigenvalue weighted by atomic mass is 32.1. The first-order valence-corrected chi connectivity index (χ1v) is 11.1. The number of hydrogen-bond acceptors (Lipinski definition) is 7. The number of fused-ring (bicyclic) bond motifs is 1. The third-order valence-electron chi connectivity index (χ3n) is 4.43. The number of esters is 1. The lowest BCUT2D eigenvalue weighted by atomic mass is 10.1. The van der Waals surface area contributed by atoms with E-state index in [1.807, 2.05) is 13.8 Å². The highest BCUT2D eigenvalue weighted by molar-refractivity contribution is 7.16. The molecule has 1 N–H and O–H groups in total. The van der Waals surface area contributed by atoms with E-state index in [-0.39, 0.29) is 24.0 Å². The van der Waals surface area contributed by atoms with E-state index in [1.54, 1.807) is 24.3 Å². The SMILES string of the molecule is CCCCc1nn2c(=O)cc(COC(=O)c3ccc(NC(=O)CC(C)C)cc3)nc2s1. The molecule has 0 bridgehead atoms. The van der Waals surface area contributed by atoms with Crippen LogP contribution in [0.15, 0.2) is 35.1 Å². The Hall–Kier alpha value is -3.07. The van der Waals surface area contributed by atoms with E-state index in [1.165, 1.54) is 21.9 Å². The third-order valence-corrected chi connectivity index (χ3v) is 5.40. The summed E-state index contributed by atoms with van der Waals surface area (Å²) in [4.78, 5) is 41.3. The van der Waals surface area contributed by atoms with Crippen LogP contribution < -0.4 is 10.9 Å². The number of amides is 1. The Labute approximate surface area is 184 Å². The molecule has 31 heavy (non-hydrogen) atoms. The molecule has 0 saturated heterocycles. The third kappa shape index (κ3) is 6.21. The van der Waals surface area contributed by atoms with Crippen LogP contribution in [-0.4, -0.2) is 26.5 Å². The van der Waals surface area contributed by atoms with Gasteiger partial charge >= 0.3 is 5.97 Å². The number of nitrogens with zero attached hydrogens (tertiary/aromatic N) is 3. The molecule has 0 fully saturated rings. The molecule has 2 aromatic heterocycles. The van der Waals surface area contributed by atoms with Crippen molar-refractivity contribution in [2.24, 2.45) is 5.92 Å². The molecular formula is C22H26N4O4S. The summed E-state index contributed by atoms with van der Waals surface area (Å²) in [6.07, 6.45) is 3.28. The van der Waals surface area contributed by atoms with Crippen molar-refractivity contribution in [1.29, 1.82) is 0 Å². The van der Waals surface area contributed by atoms with Gasteiger partial charge in [-0.15, -0.1) is 0 Å². The van der Waals surface area contributed by atoms with Gasteiger partial charge in [0.25, 0.3) is 5.56 Å². The number of anilines is 1. The highest BCUT2D eigenvalue weighted by Gasteiger charge is 2.12. The number of rotatable bonds is 9. The number of ether oxygens (including phenoxy) is 1. The number of carbonyl (C=O) groups excluding carboxylic acids is 2. The van der Waals surface area contributed by atoms with Crippen LogP contribution in [0.1, 0.15) is 61.1 Å². The van der Waals surface area contributed by atoms with E-state index in [2.05, 4.69) is 22.3 Å². The predicted molar refractivity (Wildman–Crippen MR) is 119 cm³/mol. The standard InChI is InChI=1S/C22H26N4O4S/c1-4-5-6-19-25-26-20(28)12-17(24-22(26)31-19)13-30-21(29)15-7-9-16(10-8-15)23-18(27)11-14(2)3/h7-10,12,14H,4-6,11,13H2,1-3H3,(H,23,27). The molecule has 9 heteroatoms. The fraction of sp³-hybridized carbons (Fsp3) is 0.409. The van der Waals surface area contributed by atoms with E-state index in [9.17, 15) is 14.4 Å². The summed E-state index contributed by atoms with van der Waals surface area (Å²) in [5.41, 5.74) is 1.05. The van der Waals surface area contributed by atoms with Crippen LogP contribution in [0.4, 0.5) is 5.69 Å². The summed E-state index contributed by atoms with van der Waals surface area (Å²) in [6, 6.07) is 7.81. The maximum atomic E-state index is 12.3. The zero-order chi connectivity index (χ0) is 22.4. The van der Waals surface area contributed by atoms with E-state index in [0.717, 1.165) is 24.3 Å². The van der Waals surface area contributed by atoms with Crippen molar-refractivity contribution in [3.63, 3.8) is 0 Å². The second-order valence-corrected chi connectivity index (χ2v) is 8.72. The minimum Gasteiger partial charge on any atom is -0.456 e. The Balaban J connectivity index is 1.61. The number of carbonyl (C=O) groups is 2. The van der Waals surface area contributed by atoms with Crippen LogP contribution in [0.5, 0.6) is 0 Å². The molecule has 3 rings (SSSR count). The van der Waals surface area contributed by atoms with E-state index < -0.39 is 5.97 Å². The molecule has 164 valence electrons. The van der Waals surface area contributed by atoms with E-state index in [0.29, 0.717) is 28.3 Å². The minimum atomic E-state index is -0.532. The maximum absolute atomic E-state index is 12.3. The lowest BCUT2D eigenvalue weighted by Gasteiger charge is -2.08. The second kappa shape index (κ2) is 10.3. The van der Waals surface area contributed by atoms with E-state index in [4.69, 9.17) is 4.74 Å². The van der Waals surface area contributed by atoms with Crippen LogP contribution in [0.2, 0.25) is 0 Å². The fourth-order valence-electron chi connectivity index (χ4n) is 2.89. The van der Waals surface area contributed by atoms with Gasteiger partial charge in [0.2, 0.25) is 10.9 Å². The maximum Gasteiger partial charge on any atom is 0.338 e. The molecule has 0 aliphatic rings. The van der Waals surface area contributed by atoms with Crippen molar-refractivity contribution >= 4 is 33.9 Å². The Kier molecular flexibility index (Phi) is 7.51. The summed E-state index contributed by atoms with van der Waals surface area (Å²) in [7, 11) is 0. The first kappa shape index (κ1) is 22.6. The summed E-state index contributed by atoms with van der Waals surface area (Å²) < 4.78 is 6.60. The van der Waals surface area contributed by atoms with Crippen molar-refractivity contribution in [3.8, 4) is 0 Å².